The van der Waals surface area contributed by atoms with Crippen LogP contribution in [0.25, 0.3) is 0 Å². The summed E-state index contributed by atoms with van der Waals surface area (Å²) >= 11 is 0. The first-order valence-electron chi connectivity index (χ1n) is 19.5. The predicted octanol–water partition coefficient (Wildman–Crippen LogP) is 9.66. The minimum Gasteiger partial charge on any atom is -0.440 e. The molecule has 3 aromatic carbocycles. The van der Waals surface area contributed by atoms with Crippen LogP contribution in [0.3, 0.4) is 0 Å². The molecule has 3 aromatic rings. The highest BCUT2D eigenvalue weighted by Crippen LogP contribution is 2.32. The second-order valence-electron chi connectivity index (χ2n) is 18.9. The SMILES string of the molecule is C[SiH](C)O[Si](C)(C)O[Si](C)(C)CC[Si](C)(C)O[Si](O[Si](C)(C)CC[Si](C)(C)O[Si](C)(O[Si](C)(C)C)c1ccccc1)(c1ccccc1)c1ccccc1. The molecule has 3 rings (SSSR count). The Morgan fingerprint density at radius 1 is 0.396 bits per heavy atom. The Kier molecular flexibility index (Phi) is 16.2. The fraction of sp³-hybridized carbons (Fsp3) is 0.526. The highest BCUT2D eigenvalue weighted by Gasteiger charge is 2.52. The van der Waals surface area contributed by atoms with Crippen molar-refractivity contribution in [1.82, 2.24) is 0 Å². The Bertz CT molecular complexity index is 1510. The van der Waals surface area contributed by atoms with Crippen LogP contribution >= 0.6 is 0 Å². The smallest absolute Gasteiger partial charge is 0.386 e. The molecule has 6 nitrogen and oxygen atoms in total. The van der Waals surface area contributed by atoms with E-state index in [0.29, 0.717) is 0 Å². The van der Waals surface area contributed by atoms with E-state index >= 15 is 0 Å². The van der Waals surface area contributed by atoms with Gasteiger partial charge in [0.05, 0.1) is 0 Å². The number of hydrogen-bond acceptors (Lipinski definition) is 6. The lowest BCUT2D eigenvalue weighted by Gasteiger charge is -2.45. The van der Waals surface area contributed by atoms with E-state index in [2.05, 4.69) is 196 Å². The first-order valence-corrected chi connectivity index (χ1v) is 45.1. The van der Waals surface area contributed by atoms with Crippen LogP contribution < -0.4 is 15.6 Å². The predicted molar refractivity (Wildman–Crippen MR) is 251 cm³/mol. The van der Waals surface area contributed by atoms with Gasteiger partial charge in [-0.15, -0.1) is 0 Å². The van der Waals surface area contributed by atoms with Crippen molar-refractivity contribution in [1.29, 1.82) is 0 Å². The summed E-state index contributed by atoms with van der Waals surface area (Å²) in [5.41, 5.74) is 0. The quantitative estimate of drug-likeness (QED) is 0.0995. The number of benzene rings is 3. The average molecular weight is 878 g/mol. The fourth-order valence-electron chi connectivity index (χ4n) is 7.17. The van der Waals surface area contributed by atoms with Crippen molar-refractivity contribution in [3.05, 3.63) is 91.0 Å². The lowest BCUT2D eigenvalue weighted by molar-refractivity contribution is 0.394. The molecule has 15 heteroatoms. The molecule has 0 amide bonds. The van der Waals surface area contributed by atoms with Gasteiger partial charge in [0, 0.05) is 0 Å². The molecule has 0 aliphatic carbocycles. The van der Waals surface area contributed by atoms with E-state index < -0.39 is 76.3 Å². The van der Waals surface area contributed by atoms with Gasteiger partial charge in [-0.05, 0) is 144 Å². The maximum atomic E-state index is 7.80. The molecule has 0 bridgehead atoms. The summed E-state index contributed by atoms with van der Waals surface area (Å²) in [5, 5.41) is 3.58. The van der Waals surface area contributed by atoms with Gasteiger partial charge in [-0.3, -0.25) is 0 Å². The molecule has 0 saturated carbocycles. The summed E-state index contributed by atoms with van der Waals surface area (Å²) < 4.78 is 43.2. The lowest BCUT2D eigenvalue weighted by atomic mass is 10.4. The molecule has 296 valence electrons. The maximum absolute atomic E-state index is 7.80. The van der Waals surface area contributed by atoms with Crippen LogP contribution in [0.15, 0.2) is 91.0 Å². The van der Waals surface area contributed by atoms with Crippen molar-refractivity contribution in [2.75, 3.05) is 0 Å². The topological polar surface area (TPSA) is 55.4 Å². The highest BCUT2D eigenvalue weighted by molar-refractivity contribution is 7.03. The first kappa shape index (κ1) is 46.8. The molecule has 0 saturated heterocycles. The van der Waals surface area contributed by atoms with E-state index in [1.807, 2.05) is 0 Å². The third-order valence-electron chi connectivity index (χ3n) is 9.12. The molecule has 0 aromatic heterocycles. The van der Waals surface area contributed by atoms with Gasteiger partial charge in [0.15, 0.2) is 50.6 Å². The Labute approximate surface area is 334 Å². The third kappa shape index (κ3) is 15.3. The van der Waals surface area contributed by atoms with Gasteiger partial charge in [0.25, 0.3) is 0 Å². The van der Waals surface area contributed by atoms with Crippen LogP contribution in [-0.2, 0) is 24.7 Å². The summed E-state index contributed by atoms with van der Waals surface area (Å²) in [4.78, 5) is 0. The van der Waals surface area contributed by atoms with Crippen molar-refractivity contribution >= 4 is 91.9 Å². The van der Waals surface area contributed by atoms with E-state index in [1.165, 1.54) is 15.6 Å². The second kappa shape index (κ2) is 18.3. The number of rotatable bonds is 21. The van der Waals surface area contributed by atoms with Crippen molar-refractivity contribution in [2.45, 2.75) is 129 Å². The van der Waals surface area contributed by atoms with Crippen molar-refractivity contribution in [3.8, 4) is 0 Å². The zero-order valence-corrected chi connectivity index (χ0v) is 45.2. The Balaban J connectivity index is 1.95. The zero-order valence-electron chi connectivity index (χ0n) is 36.0. The van der Waals surface area contributed by atoms with E-state index in [0.717, 1.165) is 24.2 Å². The molecule has 0 heterocycles. The maximum Gasteiger partial charge on any atom is 0.386 e. The molecule has 0 fully saturated rings. The minimum absolute atomic E-state index is 0.991. The van der Waals surface area contributed by atoms with Crippen LogP contribution in [0.1, 0.15) is 0 Å². The molecular weight excluding hydrogens is 805 g/mol. The van der Waals surface area contributed by atoms with Crippen LogP contribution in [0, 0.1) is 0 Å². The third-order valence-corrected chi connectivity index (χ3v) is 42.3. The van der Waals surface area contributed by atoms with Gasteiger partial charge >= 0.3 is 25.7 Å². The summed E-state index contributed by atoms with van der Waals surface area (Å²) in [6, 6.07) is 36.5. The van der Waals surface area contributed by atoms with Gasteiger partial charge in [-0.25, -0.2) is 0 Å². The van der Waals surface area contributed by atoms with E-state index in [9.17, 15) is 0 Å². The standard InChI is InChI=1S/C38H72O6Si9/c1-45(2)39-51(14,15)41-47(6,7)32-34-49(10,11)43-53(37-28-22-18-23-29-37,38-30-24-19-25-31-38)44-50(12,13)35-33-48(8,9)42-52(16,40-46(3,4)5)36-26-20-17-21-27-36/h17-31,45H,32-35H2,1-16H3. The number of hydrogen-bond donors (Lipinski definition) is 0. The first-order chi connectivity index (χ1) is 24.2. The van der Waals surface area contributed by atoms with E-state index in [4.69, 9.17) is 24.7 Å². The van der Waals surface area contributed by atoms with E-state index in [-0.39, 0.29) is 0 Å². The molecule has 53 heavy (non-hydrogen) atoms. The molecule has 0 aliphatic rings. The van der Waals surface area contributed by atoms with Gasteiger partial charge in [0.1, 0.15) is 0 Å². The minimum atomic E-state index is -3.16. The van der Waals surface area contributed by atoms with Crippen LogP contribution in [0.5, 0.6) is 0 Å². The lowest BCUT2D eigenvalue weighted by Crippen LogP contribution is -2.70. The van der Waals surface area contributed by atoms with Gasteiger partial charge in [-0.1, -0.05) is 91.0 Å². The van der Waals surface area contributed by atoms with Crippen molar-refractivity contribution < 1.29 is 24.7 Å². The summed E-state index contributed by atoms with van der Waals surface area (Å²) in [5.74, 6) is 0. The van der Waals surface area contributed by atoms with E-state index in [1.54, 1.807) is 0 Å². The molecule has 0 radical (unpaired) electrons. The van der Waals surface area contributed by atoms with Gasteiger partial charge in [0.2, 0.25) is 0 Å². The van der Waals surface area contributed by atoms with Gasteiger partial charge < -0.3 is 24.7 Å². The largest absolute Gasteiger partial charge is 0.440 e. The van der Waals surface area contributed by atoms with Crippen molar-refractivity contribution in [3.63, 3.8) is 0 Å². The Morgan fingerprint density at radius 2 is 0.717 bits per heavy atom. The summed E-state index contributed by atoms with van der Waals surface area (Å²) in [6.45, 7) is 37.0. The second-order valence-corrected chi connectivity index (χ2v) is 54.0. The molecule has 0 aliphatic heterocycles. The Hall–Kier alpha value is -0.628. The van der Waals surface area contributed by atoms with Crippen LogP contribution in [0.2, 0.25) is 129 Å². The molecular formula is C38H72O6Si9. The molecule has 1 atom stereocenters. The van der Waals surface area contributed by atoms with Crippen LogP contribution in [-0.4, -0.2) is 76.3 Å². The van der Waals surface area contributed by atoms with Crippen LogP contribution in [0.4, 0.5) is 0 Å². The molecule has 0 N–H and O–H groups in total. The summed E-state index contributed by atoms with van der Waals surface area (Å²) in [6.07, 6.45) is 0. The molecule has 1 unspecified atom stereocenters. The Morgan fingerprint density at radius 3 is 1.06 bits per heavy atom. The van der Waals surface area contributed by atoms with Crippen molar-refractivity contribution in [2.24, 2.45) is 0 Å². The van der Waals surface area contributed by atoms with Gasteiger partial charge in [-0.2, -0.15) is 0 Å². The molecule has 0 spiro atoms. The highest BCUT2D eigenvalue weighted by atomic mass is 28.5. The normalized spacial score (nSPS) is 15.1. The monoisotopic (exact) mass is 876 g/mol. The fourth-order valence-corrected chi connectivity index (χ4v) is 50.4. The average Bonchev–Trinajstić information content (AvgIpc) is 3.01. The zero-order chi connectivity index (χ0) is 40.0. The summed E-state index contributed by atoms with van der Waals surface area (Å²) in [7, 11) is -19.9.